The summed E-state index contributed by atoms with van der Waals surface area (Å²) in [6.07, 6.45) is 5.40. The molecule has 24 heavy (non-hydrogen) atoms. The van der Waals surface area contributed by atoms with Crippen LogP contribution in [-0.2, 0) is 11.8 Å². The van der Waals surface area contributed by atoms with Crippen molar-refractivity contribution >= 4 is 6.09 Å². The summed E-state index contributed by atoms with van der Waals surface area (Å²) in [5.41, 5.74) is -0.759. The highest BCUT2D eigenvalue weighted by molar-refractivity contribution is 5.69. The first-order valence-electron chi connectivity index (χ1n) is 8.19. The molecule has 0 aliphatic carbocycles. The Hall–Kier alpha value is -1.05. The Labute approximate surface area is 162 Å². The molecule has 2 heterocycles. The molecule has 6 heteroatoms. The van der Waals surface area contributed by atoms with Crippen LogP contribution in [0.25, 0.3) is 0 Å². The molecule has 1 aliphatic rings. The molecule has 136 valence electrons. The van der Waals surface area contributed by atoms with Crippen LogP contribution in [0.3, 0.4) is 0 Å². The van der Waals surface area contributed by atoms with Gasteiger partial charge in [-0.05, 0) is 34.6 Å². The number of hydrogen-bond donors (Lipinski definition) is 0. The maximum absolute atomic E-state index is 12.4. The normalized spacial score (nSPS) is 20.1. The average Bonchev–Trinajstić information content (AvgIpc) is 2.38. The van der Waals surface area contributed by atoms with E-state index >= 15 is 0 Å². The van der Waals surface area contributed by atoms with Gasteiger partial charge in [-0.2, -0.15) is 0 Å². The van der Waals surface area contributed by atoms with Gasteiger partial charge in [0.1, 0.15) is 24.5 Å². The Morgan fingerprint density at radius 3 is 2.38 bits per heavy atom. The molecular weight excluding hydrogens is 419 g/mol. The maximum atomic E-state index is 12.4. The molecule has 0 bridgehead atoms. The van der Waals surface area contributed by atoms with Crippen molar-refractivity contribution in [3.8, 4) is 5.75 Å². The number of hydrogen-bond acceptors (Lipinski definition) is 3. The third-order valence-corrected chi connectivity index (χ3v) is 4.00. The van der Waals surface area contributed by atoms with Crippen molar-refractivity contribution in [1.82, 2.24) is 4.90 Å². The second kappa shape index (κ2) is 7.89. The summed E-state index contributed by atoms with van der Waals surface area (Å²) in [7, 11) is 1.98. The van der Waals surface area contributed by atoms with E-state index in [0.29, 0.717) is 6.54 Å². The van der Waals surface area contributed by atoms with E-state index in [9.17, 15) is 4.79 Å². The molecule has 1 aliphatic heterocycles. The summed E-state index contributed by atoms with van der Waals surface area (Å²) in [5.74, 6) is 0.870. The third-order valence-electron chi connectivity index (χ3n) is 4.00. The Morgan fingerprint density at radius 2 is 1.88 bits per heavy atom. The molecule has 1 saturated heterocycles. The van der Waals surface area contributed by atoms with Gasteiger partial charge in [0.2, 0.25) is 0 Å². The van der Waals surface area contributed by atoms with E-state index in [1.807, 2.05) is 61.8 Å². The molecule has 1 atom stereocenters. The fraction of sp³-hybridized carbons (Fsp3) is 0.667. The Balaban J connectivity index is 0.00000288. The number of carbonyl (C=O) groups is 1. The van der Waals surface area contributed by atoms with Gasteiger partial charge in [0.25, 0.3) is 0 Å². The van der Waals surface area contributed by atoms with Crippen LogP contribution in [0.1, 0.15) is 47.5 Å². The van der Waals surface area contributed by atoms with Crippen molar-refractivity contribution in [3.63, 3.8) is 0 Å². The first kappa shape index (κ1) is 21.0. The Bertz CT molecular complexity index is 552. The number of likely N-dealkylation sites (tertiary alicyclic amines) is 1. The fourth-order valence-corrected chi connectivity index (χ4v) is 2.86. The van der Waals surface area contributed by atoms with E-state index in [2.05, 4.69) is 13.8 Å². The number of rotatable bonds is 2. The van der Waals surface area contributed by atoms with Crippen LogP contribution in [0.5, 0.6) is 5.75 Å². The molecule has 2 rings (SSSR count). The number of pyridine rings is 1. The standard InChI is InChI=1S/C18H29N2O3.HI/c1-17(2,3)23-16(21)20-12-9-15(13-18(20,4)5)22-14-7-10-19(6)11-8-14;/h7-8,10-11,15H,9,12-13H2,1-6H3;1H/q+1;/p-1. The highest BCUT2D eigenvalue weighted by atomic mass is 127. The highest BCUT2D eigenvalue weighted by Crippen LogP contribution is 2.31. The molecule has 0 aromatic carbocycles. The monoisotopic (exact) mass is 448 g/mol. The van der Waals surface area contributed by atoms with E-state index in [1.54, 1.807) is 0 Å². The number of halogens is 1. The first-order valence-corrected chi connectivity index (χ1v) is 8.19. The van der Waals surface area contributed by atoms with Crippen molar-refractivity contribution in [2.45, 2.75) is 64.7 Å². The molecule has 0 saturated carbocycles. The molecule has 1 aromatic rings. The van der Waals surface area contributed by atoms with Gasteiger partial charge in [-0.25, -0.2) is 9.36 Å². The van der Waals surface area contributed by atoms with Gasteiger partial charge < -0.3 is 38.4 Å². The van der Waals surface area contributed by atoms with E-state index in [1.165, 1.54) is 0 Å². The second-order valence-corrected chi connectivity index (χ2v) is 7.88. The topological polar surface area (TPSA) is 42.7 Å². The van der Waals surface area contributed by atoms with Gasteiger partial charge in [0, 0.05) is 37.1 Å². The van der Waals surface area contributed by atoms with Crippen molar-refractivity contribution in [2.24, 2.45) is 7.05 Å². The summed E-state index contributed by atoms with van der Waals surface area (Å²) < 4.78 is 13.6. The number of ether oxygens (including phenoxy) is 2. The Kier molecular flexibility index (Phi) is 6.90. The second-order valence-electron chi connectivity index (χ2n) is 7.88. The molecule has 1 fully saturated rings. The van der Waals surface area contributed by atoms with Crippen LogP contribution in [0.2, 0.25) is 0 Å². The first-order chi connectivity index (χ1) is 10.6. The van der Waals surface area contributed by atoms with Gasteiger partial charge in [0.15, 0.2) is 12.4 Å². The van der Waals surface area contributed by atoms with Crippen LogP contribution in [-0.4, -0.2) is 34.8 Å². The zero-order valence-corrected chi connectivity index (χ0v) is 17.7. The van der Waals surface area contributed by atoms with Crippen LogP contribution in [0.15, 0.2) is 24.5 Å². The van der Waals surface area contributed by atoms with E-state index in [0.717, 1.165) is 18.6 Å². The van der Waals surface area contributed by atoms with Crippen LogP contribution >= 0.6 is 0 Å². The lowest BCUT2D eigenvalue weighted by molar-refractivity contribution is -0.671. The molecule has 0 N–H and O–H groups in total. The highest BCUT2D eigenvalue weighted by Gasteiger charge is 2.40. The van der Waals surface area contributed by atoms with Gasteiger partial charge in [-0.1, -0.05) is 0 Å². The van der Waals surface area contributed by atoms with Crippen molar-refractivity contribution in [2.75, 3.05) is 6.54 Å². The number of aryl methyl sites for hydroxylation is 1. The van der Waals surface area contributed by atoms with Crippen LogP contribution in [0, 0.1) is 0 Å². The number of piperidine rings is 1. The van der Waals surface area contributed by atoms with Crippen molar-refractivity contribution in [1.29, 1.82) is 0 Å². The largest absolute Gasteiger partial charge is 1.00 e. The molecule has 0 radical (unpaired) electrons. The van der Waals surface area contributed by atoms with Crippen LogP contribution < -0.4 is 33.3 Å². The van der Waals surface area contributed by atoms with Gasteiger partial charge in [0.05, 0.1) is 0 Å². The molecule has 1 unspecified atom stereocenters. The fourth-order valence-electron chi connectivity index (χ4n) is 2.86. The van der Waals surface area contributed by atoms with Gasteiger partial charge in [-0.15, -0.1) is 0 Å². The minimum Gasteiger partial charge on any atom is -1.00 e. The zero-order valence-electron chi connectivity index (χ0n) is 15.5. The van der Waals surface area contributed by atoms with Crippen LogP contribution in [0.4, 0.5) is 4.79 Å². The van der Waals surface area contributed by atoms with E-state index in [4.69, 9.17) is 9.47 Å². The molecule has 5 nitrogen and oxygen atoms in total. The van der Waals surface area contributed by atoms with E-state index in [-0.39, 0.29) is 41.7 Å². The summed E-state index contributed by atoms with van der Waals surface area (Å²) in [4.78, 5) is 14.2. The summed E-state index contributed by atoms with van der Waals surface area (Å²) in [5, 5.41) is 0. The quantitative estimate of drug-likeness (QED) is 0.476. The molecule has 1 amide bonds. The predicted octanol–water partition coefficient (Wildman–Crippen LogP) is 0.0720. The smallest absolute Gasteiger partial charge is 0.410 e. The predicted molar refractivity (Wildman–Crippen MR) is 88.3 cm³/mol. The summed E-state index contributed by atoms with van der Waals surface area (Å²) in [6.45, 7) is 10.5. The summed E-state index contributed by atoms with van der Waals surface area (Å²) >= 11 is 0. The van der Waals surface area contributed by atoms with Crippen molar-refractivity contribution in [3.05, 3.63) is 24.5 Å². The Morgan fingerprint density at radius 1 is 1.29 bits per heavy atom. The average molecular weight is 448 g/mol. The molecular formula is C18H29IN2O3. The third kappa shape index (κ3) is 5.79. The summed E-state index contributed by atoms with van der Waals surface area (Å²) in [6, 6.07) is 3.93. The lowest BCUT2D eigenvalue weighted by atomic mass is 9.89. The van der Waals surface area contributed by atoms with Crippen molar-refractivity contribution < 1.29 is 42.8 Å². The number of amides is 1. The van der Waals surface area contributed by atoms with Gasteiger partial charge in [-0.3, -0.25) is 0 Å². The van der Waals surface area contributed by atoms with Gasteiger partial charge >= 0.3 is 6.09 Å². The minimum absolute atomic E-state index is 0. The molecule has 0 spiro atoms. The van der Waals surface area contributed by atoms with E-state index < -0.39 is 5.60 Å². The number of carbonyl (C=O) groups excluding carboxylic acids is 1. The SMILES string of the molecule is C[n+]1ccc(OC2CCN(C(=O)OC(C)(C)C)C(C)(C)C2)cc1.[I-]. The lowest BCUT2D eigenvalue weighted by Gasteiger charge is -2.45. The zero-order chi connectivity index (χ0) is 17.3. The minimum atomic E-state index is -0.472. The number of aromatic nitrogens is 1. The number of nitrogens with zero attached hydrogens (tertiary/aromatic N) is 2. The maximum Gasteiger partial charge on any atom is 0.410 e. The molecule has 1 aromatic heterocycles. The lowest BCUT2D eigenvalue weighted by Crippen LogP contribution is -3.00.